The Morgan fingerprint density at radius 1 is 0.556 bits per heavy atom. The van der Waals surface area contributed by atoms with Crippen molar-refractivity contribution in [1.29, 1.82) is 0 Å². The molecule has 0 atom stereocenters. The summed E-state index contributed by atoms with van der Waals surface area (Å²) in [6.45, 7) is -0.770. The quantitative estimate of drug-likeness (QED) is 0.290. The Hall–Kier alpha value is -3.90. The van der Waals surface area contributed by atoms with Gasteiger partial charge in [0.1, 0.15) is 11.5 Å². The number of hydrogen-bond donors (Lipinski definition) is 4. The molecule has 12 heteroatoms. The molecule has 4 N–H and O–H groups in total. The Labute approximate surface area is 223 Å². The van der Waals surface area contributed by atoms with E-state index in [2.05, 4.69) is 53.1 Å². The van der Waals surface area contributed by atoms with Crippen molar-refractivity contribution in [3.8, 4) is 11.5 Å². The van der Waals surface area contributed by atoms with Gasteiger partial charge in [-0.05, 0) is 72.8 Å². The number of benzene rings is 3. The summed E-state index contributed by atoms with van der Waals surface area (Å²) in [5, 5.41) is 9.38. The maximum Gasteiger partial charge on any atom is 0.325 e. The molecule has 0 radical (unpaired) electrons. The van der Waals surface area contributed by atoms with Crippen LogP contribution in [0.25, 0.3) is 0 Å². The summed E-state index contributed by atoms with van der Waals surface area (Å²) in [6, 6.07) is 18.5. The highest BCUT2D eigenvalue weighted by Gasteiger charge is 2.11. The van der Waals surface area contributed by atoms with Gasteiger partial charge in [0.15, 0.2) is 13.2 Å². The molecule has 0 aliphatic carbocycles. The van der Waals surface area contributed by atoms with Gasteiger partial charge in [0.2, 0.25) is 0 Å². The minimum absolute atomic E-state index is 0.351. The number of carbonyl (C=O) groups excluding carboxylic acids is 4. The van der Waals surface area contributed by atoms with E-state index in [9.17, 15) is 19.2 Å². The molecular weight excluding hydrogens is 600 g/mol. The van der Waals surface area contributed by atoms with E-state index in [-0.39, 0.29) is 13.2 Å². The lowest BCUT2D eigenvalue weighted by molar-refractivity contribution is -0.122. The van der Waals surface area contributed by atoms with Gasteiger partial charge in [-0.1, -0.05) is 31.9 Å². The first kappa shape index (κ1) is 26.7. The molecule has 0 saturated heterocycles. The zero-order valence-electron chi connectivity index (χ0n) is 18.5. The fourth-order valence-corrected chi connectivity index (χ4v) is 3.18. The Morgan fingerprint density at radius 3 is 1.22 bits per heavy atom. The molecule has 0 saturated carbocycles. The van der Waals surface area contributed by atoms with Crippen LogP contribution in [0, 0.1) is 0 Å². The number of urea groups is 2. The van der Waals surface area contributed by atoms with Crippen molar-refractivity contribution in [2.24, 2.45) is 0 Å². The SMILES string of the molecule is O=C(COc1ccc(OCC(=O)NC(=O)Nc2ccc(Br)cc2)cc1)NC(=O)Nc1ccc(Br)cc1. The molecule has 10 nitrogen and oxygen atoms in total. The summed E-state index contributed by atoms with van der Waals surface area (Å²) in [5.74, 6) is -0.570. The highest BCUT2D eigenvalue weighted by Crippen LogP contribution is 2.18. The monoisotopic (exact) mass is 618 g/mol. The number of amides is 6. The van der Waals surface area contributed by atoms with E-state index in [4.69, 9.17) is 9.47 Å². The first-order valence-corrected chi connectivity index (χ1v) is 11.9. The molecule has 0 unspecified atom stereocenters. The molecule has 0 fully saturated rings. The van der Waals surface area contributed by atoms with Crippen LogP contribution in [-0.4, -0.2) is 37.1 Å². The standard InChI is InChI=1S/C24H20Br2N4O6/c25-15-1-5-17(6-2-15)27-23(33)29-21(31)13-35-19-9-11-20(12-10-19)36-14-22(32)30-24(34)28-18-7-3-16(26)4-8-18/h1-12H,13-14H2,(H2,27,29,31,33)(H2,28,30,32,34). The summed E-state index contributed by atoms with van der Waals surface area (Å²) < 4.78 is 12.4. The van der Waals surface area contributed by atoms with Gasteiger partial charge in [-0.15, -0.1) is 0 Å². The Morgan fingerprint density at radius 2 is 0.889 bits per heavy atom. The maximum absolute atomic E-state index is 11.9. The van der Waals surface area contributed by atoms with Crippen LogP contribution in [0.4, 0.5) is 21.0 Å². The third-order valence-corrected chi connectivity index (χ3v) is 5.33. The van der Waals surface area contributed by atoms with Crippen LogP contribution in [0.2, 0.25) is 0 Å². The molecule has 0 aliphatic rings. The highest BCUT2D eigenvalue weighted by molar-refractivity contribution is 9.10. The van der Waals surface area contributed by atoms with Crippen molar-refractivity contribution in [3.05, 3.63) is 81.7 Å². The number of imide groups is 2. The van der Waals surface area contributed by atoms with Crippen molar-refractivity contribution in [3.63, 3.8) is 0 Å². The van der Waals surface area contributed by atoms with Gasteiger partial charge >= 0.3 is 12.1 Å². The molecule has 3 aromatic rings. The summed E-state index contributed by atoms with van der Waals surface area (Å²) in [5.41, 5.74) is 1.05. The molecule has 186 valence electrons. The summed E-state index contributed by atoms with van der Waals surface area (Å²) in [6.07, 6.45) is 0. The summed E-state index contributed by atoms with van der Waals surface area (Å²) in [4.78, 5) is 47.6. The minimum atomic E-state index is -0.682. The number of nitrogens with one attached hydrogen (secondary N) is 4. The molecule has 0 aliphatic heterocycles. The molecule has 3 rings (SSSR count). The van der Waals surface area contributed by atoms with Crippen LogP contribution >= 0.6 is 31.9 Å². The van der Waals surface area contributed by atoms with Gasteiger partial charge < -0.3 is 20.1 Å². The number of halogens is 2. The molecule has 3 aromatic carbocycles. The van der Waals surface area contributed by atoms with Crippen molar-refractivity contribution in [2.45, 2.75) is 0 Å². The molecule has 0 heterocycles. The second-order valence-corrected chi connectivity index (χ2v) is 8.90. The number of hydrogen-bond acceptors (Lipinski definition) is 6. The first-order valence-electron chi connectivity index (χ1n) is 10.4. The largest absolute Gasteiger partial charge is 0.484 e. The van der Waals surface area contributed by atoms with Crippen LogP contribution in [-0.2, 0) is 9.59 Å². The van der Waals surface area contributed by atoms with Crippen LogP contribution in [0.1, 0.15) is 0 Å². The Balaban J connectivity index is 1.35. The van der Waals surface area contributed by atoms with Gasteiger partial charge in [-0.25, -0.2) is 9.59 Å². The third kappa shape index (κ3) is 9.39. The van der Waals surface area contributed by atoms with Crippen molar-refractivity contribution >= 4 is 67.1 Å². The van der Waals surface area contributed by atoms with Crippen LogP contribution < -0.4 is 30.7 Å². The summed E-state index contributed by atoms with van der Waals surface area (Å²) in [7, 11) is 0. The second kappa shape index (κ2) is 13.3. The smallest absolute Gasteiger partial charge is 0.325 e. The predicted molar refractivity (Wildman–Crippen MR) is 140 cm³/mol. The molecule has 0 aromatic heterocycles. The third-order valence-electron chi connectivity index (χ3n) is 4.27. The molecule has 0 bridgehead atoms. The topological polar surface area (TPSA) is 135 Å². The van der Waals surface area contributed by atoms with E-state index < -0.39 is 23.9 Å². The van der Waals surface area contributed by atoms with E-state index >= 15 is 0 Å². The van der Waals surface area contributed by atoms with Gasteiger partial charge in [0, 0.05) is 20.3 Å². The average Bonchev–Trinajstić information content (AvgIpc) is 2.85. The first-order chi connectivity index (χ1) is 17.3. The predicted octanol–water partition coefficient (Wildman–Crippen LogP) is 4.67. The van der Waals surface area contributed by atoms with Crippen LogP contribution in [0.5, 0.6) is 11.5 Å². The number of ether oxygens (including phenoxy) is 2. The Kier molecular flexibility index (Phi) is 9.83. The fraction of sp³-hybridized carbons (Fsp3) is 0.0833. The summed E-state index contributed by atoms with van der Waals surface area (Å²) >= 11 is 6.59. The number of anilines is 2. The molecular formula is C24H20Br2N4O6. The van der Waals surface area contributed by atoms with Gasteiger partial charge in [-0.2, -0.15) is 0 Å². The number of rotatable bonds is 8. The van der Waals surface area contributed by atoms with Crippen molar-refractivity contribution in [2.75, 3.05) is 23.8 Å². The molecule has 0 spiro atoms. The lowest BCUT2D eigenvalue weighted by atomic mass is 10.3. The average molecular weight is 620 g/mol. The normalized spacial score (nSPS) is 10.1. The van der Waals surface area contributed by atoms with Gasteiger partial charge in [0.25, 0.3) is 11.8 Å². The van der Waals surface area contributed by atoms with Gasteiger partial charge in [0.05, 0.1) is 0 Å². The zero-order valence-corrected chi connectivity index (χ0v) is 21.7. The van der Waals surface area contributed by atoms with Crippen molar-refractivity contribution in [1.82, 2.24) is 10.6 Å². The van der Waals surface area contributed by atoms with E-state index in [0.717, 1.165) is 8.95 Å². The van der Waals surface area contributed by atoms with Crippen molar-refractivity contribution < 1.29 is 28.7 Å². The second-order valence-electron chi connectivity index (χ2n) is 7.07. The van der Waals surface area contributed by atoms with Crippen LogP contribution in [0.3, 0.4) is 0 Å². The Bertz CT molecular complexity index is 1120. The number of carbonyl (C=O) groups is 4. The van der Waals surface area contributed by atoms with E-state index in [1.165, 1.54) is 24.3 Å². The van der Waals surface area contributed by atoms with E-state index in [0.29, 0.717) is 22.9 Å². The highest BCUT2D eigenvalue weighted by atomic mass is 79.9. The van der Waals surface area contributed by atoms with E-state index in [1.807, 2.05) is 0 Å². The lowest BCUT2D eigenvalue weighted by Gasteiger charge is -2.10. The molecule has 6 amide bonds. The fourth-order valence-electron chi connectivity index (χ4n) is 2.65. The maximum atomic E-state index is 11.9. The lowest BCUT2D eigenvalue weighted by Crippen LogP contribution is -2.37. The zero-order chi connectivity index (χ0) is 25.9. The minimum Gasteiger partial charge on any atom is -0.484 e. The van der Waals surface area contributed by atoms with Gasteiger partial charge in [-0.3, -0.25) is 20.2 Å². The molecule has 36 heavy (non-hydrogen) atoms. The van der Waals surface area contributed by atoms with E-state index in [1.54, 1.807) is 48.5 Å². The van der Waals surface area contributed by atoms with Crippen LogP contribution in [0.15, 0.2) is 81.7 Å².